The summed E-state index contributed by atoms with van der Waals surface area (Å²) in [5, 5.41) is 9.93. The number of hydrazine groups is 1. The molecule has 1 rings (SSSR count). The van der Waals surface area contributed by atoms with E-state index in [-0.39, 0.29) is 12.2 Å². The van der Waals surface area contributed by atoms with Gasteiger partial charge in [-0.25, -0.2) is 15.6 Å². The number of hydrogen-bond donors (Lipinski definition) is 2. The number of carbonyl (C=O) groups is 1. The van der Waals surface area contributed by atoms with Crippen molar-refractivity contribution in [3.05, 3.63) is 0 Å². The minimum atomic E-state index is -0.429. The Labute approximate surface area is 128 Å². The van der Waals surface area contributed by atoms with Gasteiger partial charge in [0.25, 0.3) is 0 Å². The van der Waals surface area contributed by atoms with Crippen molar-refractivity contribution in [2.75, 3.05) is 13.2 Å². The summed E-state index contributed by atoms with van der Waals surface area (Å²) in [5.74, 6) is 6.24. The fourth-order valence-electron chi connectivity index (χ4n) is 3.40. The first-order valence-electron chi connectivity index (χ1n) is 8.45. The fourth-order valence-corrected chi connectivity index (χ4v) is 3.40. The van der Waals surface area contributed by atoms with Crippen LogP contribution in [0.2, 0.25) is 0 Å². The number of rotatable bonds is 8. The summed E-state index contributed by atoms with van der Waals surface area (Å²) >= 11 is 0. The van der Waals surface area contributed by atoms with Crippen molar-refractivity contribution >= 4 is 6.09 Å². The quantitative estimate of drug-likeness (QED) is 0.312. The van der Waals surface area contributed by atoms with Gasteiger partial charge in [-0.05, 0) is 44.4 Å². The van der Waals surface area contributed by atoms with E-state index in [1.807, 2.05) is 0 Å². The third-order valence-electron chi connectivity index (χ3n) is 4.88. The molecule has 0 heterocycles. The van der Waals surface area contributed by atoms with Gasteiger partial charge in [-0.15, -0.1) is 0 Å². The van der Waals surface area contributed by atoms with Crippen molar-refractivity contribution in [3.63, 3.8) is 0 Å². The second kappa shape index (κ2) is 9.26. The third kappa shape index (κ3) is 5.15. The summed E-state index contributed by atoms with van der Waals surface area (Å²) in [7, 11) is 0. The summed E-state index contributed by atoms with van der Waals surface area (Å²) < 4.78 is 5.87. The molecule has 1 fully saturated rings. The Morgan fingerprint density at radius 3 is 2.38 bits per heavy atom. The zero-order valence-corrected chi connectivity index (χ0v) is 13.6. The molecule has 1 amide bonds. The van der Waals surface area contributed by atoms with Gasteiger partial charge in [0.1, 0.15) is 5.60 Å². The number of nitrogens with two attached hydrogens (primary N) is 1. The van der Waals surface area contributed by atoms with Crippen LogP contribution in [0.15, 0.2) is 0 Å². The molecular weight excluding hydrogens is 268 g/mol. The van der Waals surface area contributed by atoms with Crippen molar-refractivity contribution in [3.8, 4) is 0 Å². The number of hydrogen-bond acceptors (Lipinski definition) is 4. The second-order valence-electron chi connectivity index (χ2n) is 6.10. The van der Waals surface area contributed by atoms with Gasteiger partial charge in [0.15, 0.2) is 0 Å². The van der Waals surface area contributed by atoms with Crippen molar-refractivity contribution in [1.82, 2.24) is 5.01 Å². The summed E-state index contributed by atoms with van der Waals surface area (Å²) in [6.07, 6.45) is 8.62. The standard InChI is InChI=1S/C16H32N2O3/c1-3-16(4-2,14-10-6-5-7-11-14)21-15(20)18(17)12-8-9-13-19/h14,19H,3-13,17H2,1-2H3. The first-order valence-corrected chi connectivity index (χ1v) is 8.45. The van der Waals surface area contributed by atoms with E-state index in [4.69, 9.17) is 15.7 Å². The molecule has 21 heavy (non-hydrogen) atoms. The van der Waals surface area contributed by atoms with Crippen LogP contribution in [0, 0.1) is 5.92 Å². The molecule has 1 aliphatic rings. The predicted octanol–water partition coefficient (Wildman–Crippen LogP) is 3.21. The van der Waals surface area contributed by atoms with Gasteiger partial charge >= 0.3 is 6.09 Å². The van der Waals surface area contributed by atoms with E-state index in [0.29, 0.717) is 25.3 Å². The molecule has 0 aliphatic heterocycles. The Morgan fingerprint density at radius 1 is 1.24 bits per heavy atom. The summed E-state index contributed by atoms with van der Waals surface area (Å²) in [6, 6.07) is 0. The Morgan fingerprint density at radius 2 is 1.86 bits per heavy atom. The molecule has 0 radical (unpaired) electrons. The van der Waals surface area contributed by atoms with E-state index in [1.165, 1.54) is 19.3 Å². The third-order valence-corrected chi connectivity index (χ3v) is 4.88. The lowest BCUT2D eigenvalue weighted by Crippen LogP contribution is -2.48. The molecule has 1 saturated carbocycles. The minimum absolute atomic E-state index is 0.124. The van der Waals surface area contributed by atoms with Gasteiger partial charge < -0.3 is 9.84 Å². The SMILES string of the molecule is CCC(CC)(OC(=O)N(N)CCCCO)C1CCCCC1. The van der Waals surface area contributed by atoms with E-state index in [9.17, 15) is 4.79 Å². The highest BCUT2D eigenvalue weighted by atomic mass is 16.6. The van der Waals surface area contributed by atoms with Crippen LogP contribution in [-0.4, -0.2) is 35.0 Å². The first-order chi connectivity index (χ1) is 10.1. The molecule has 124 valence electrons. The van der Waals surface area contributed by atoms with Crippen molar-refractivity contribution < 1.29 is 14.6 Å². The predicted molar refractivity (Wildman–Crippen MR) is 83.6 cm³/mol. The molecule has 0 saturated heterocycles. The van der Waals surface area contributed by atoms with Crippen molar-refractivity contribution in [1.29, 1.82) is 0 Å². The maximum Gasteiger partial charge on any atom is 0.424 e. The van der Waals surface area contributed by atoms with E-state index >= 15 is 0 Å². The van der Waals surface area contributed by atoms with Crippen molar-refractivity contribution in [2.45, 2.75) is 77.2 Å². The van der Waals surface area contributed by atoms with Crippen molar-refractivity contribution in [2.24, 2.45) is 11.8 Å². The van der Waals surface area contributed by atoms with Gasteiger partial charge in [0.2, 0.25) is 0 Å². The van der Waals surface area contributed by atoms with Crippen LogP contribution in [0.1, 0.15) is 71.6 Å². The Kier molecular flexibility index (Phi) is 8.04. The number of nitrogens with zero attached hydrogens (tertiary/aromatic N) is 1. The molecule has 0 aromatic carbocycles. The Hall–Kier alpha value is -0.810. The van der Waals surface area contributed by atoms with E-state index in [2.05, 4.69) is 13.8 Å². The smallest absolute Gasteiger partial charge is 0.424 e. The molecular formula is C16H32N2O3. The lowest BCUT2D eigenvalue weighted by molar-refractivity contribution is -0.0657. The maximum absolute atomic E-state index is 12.2. The molecule has 1 aliphatic carbocycles. The van der Waals surface area contributed by atoms with Gasteiger partial charge in [-0.2, -0.15) is 0 Å². The molecule has 0 bridgehead atoms. The van der Waals surface area contributed by atoms with E-state index in [0.717, 1.165) is 30.7 Å². The van der Waals surface area contributed by atoms with E-state index in [1.54, 1.807) is 0 Å². The Balaban J connectivity index is 2.61. The average molecular weight is 300 g/mol. The molecule has 0 unspecified atom stereocenters. The first kappa shape index (κ1) is 18.2. The highest BCUT2D eigenvalue weighted by Crippen LogP contribution is 2.39. The highest BCUT2D eigenvalue weighted by molar-refractivity contribution is 5.67. The zero-order chi connectivity index (χ0) is 15.7. The van der Waals surface area contributed by atoms with Crippen LogP contribution in [-0.2, 0) is 4.74 Å². The molecule has 5 heteroatoms. The van der Waals surface area contributed by atoms with Crippen LogP contribution in [0.3, 0.4) is 0 Å². The lowest BCUT2D eigenvalue weighted by Gasteiger charge is -2.41. The molecule has 5 nitrogen and oxygen atoms in total. The van der Waals surface area contributed by atoms with E-state index < -0.39 is 6.09 Å². The number of unbranched alkanes of at least 4 members (excludes halogenated alkanes) is 1. The lowest BCUT2D eigenvalue weighted by atomic mass is 9.74. The fraction of sp³-hybridized carbons (Fsp3) is 0.938. The molecule has 0 spiro atoms. The molecule has 0 aromatic heterocycles. The average Bonchev–Trinajstić information content (AvgIpc) is 2.53. The Bertz CT molecular complexity index is 300. The van der Waals surface area contributed by atoms with Crippen LogP contribution in [0.4, 0.5) is 4.79 Å². The number of aliphatic hydroxyl groups excluding tert-OH is 1. The zero-order valence-electron chi connectivity index (χ0n) is 13.6. The van der Waals surface area contributed by atoms with Gasteiger partial charge in [0.05, 0.1) is 0 Å². The molecule has 0 atom stereocenters. The number of ether oxygens (including phenoxy) is 1. The minimum Gasteiger partial charge on any atom is -0.442 e. The topological polar surface area (TPSA) is 75.8 Å². The number of aliphatic hydroxyl groups is 1. The largest absolute Gasteiger partial charge is 0.442 e. The maximum atomic E-state index is 12.2. The summed E-state index contributed by atoms with van der Waals surface area (Å²) in [5.41, 5.74) is -0.369. The number of carbonyl (C=O) groups excluding carboxylic acids is 1. The normalized spacial score (nSPS) is 16.8. The molecule has 3 N–H and O–H groups in total. The highest BCUT2D eigenvalue weighted by Gasteiger charge is 2.40. The molecule has 0 aromatic rings. The van der Waals surface area contributed by atoms with Gasteiger partial charge in [-0.1, -0.05) is 33.1 Å². The van der Waals surface area contributed by atoms with Crippen LogP contribution < -0.4 is 5.84 Å². The number of amides is 1. The van der Waals surface area contributed by atoms with Gasteiger partial charge in [0, 0.05) is 13.2 Å². The monoisotopic (exact) mass is 300 g/mol. The van der Waals surface area contributed by atoms with Crippen LogP contribution in [0.25, 0.3) is 0 Å². The second-order valence-corrected chi connectivity index (χ2v) is 6.10. The van der Waals surface area contributed by atoms with Crippen LogP contribution in [0.5, 0.6) is 0 Å². The summed E-state index contributed by atoms with van der Waals surface area (Å²) in [4.78, 5) is 12.2. The van der Waals surface area contributed by atoms with Crippen LogP contribution >= 0.6 is 0 Å². The summed E-state index contributed by atoms with van der Waals surface area (Å²) in [6.45, 7) is 4.74. The van der Waals surface area contributed by atoms with Gasteiger partial charge in [-0.3, -0.25) is 0 Å².